The zero-order valence-corrected chi connectivity index (χ0v) is 18.9. The standard InChI is InChI=1S/C26H34N2O3/c1-16-5-4-9-26(2)13-24-20(12-22(16)26)21(25(29)31-24)15-27-10-8-17-14-28-23-7-6-18(30-3)11-19(17)23/h6-7,11,14,20-21,24,27-28H,4-5,8-10,12-13,15H2,1-3H3/t20-,21-,24-,26-/m1/s1. The summed E-state index contributed by atoms with van der Waals surface area (Å²) in [6.07, 6.45) is 8.84. The van der Waals surface area contributed by atoms with Crippen molar-refractivity contribution >= 4 is 16.9 Å². The first-order chi connectivity index (χ1) is 15.0. The first kappa shape index (κ1) is 20.6. The third-order valence-electron chi connectivity index (χ3n) is 8.09. The lowest BCUT2D eigenvalue weighted by Gasteiger charge is -2.45. The molecule has 31 heavy (non-hydrogen) atoms. The quantitative estimate of drug-likeness (QED) is 0.400. The van der Waals surface area contributed by atoms with Crippen LogP contribution in [0.1, 0.15) is 51.5 Å². The number of benzene rings is 1. The Morgan fingerprint density at radius 2 is 2.23 bits per heavy atom. The molecule has 1 aliphatic heterocycles. The summed E-state index contributed by atoms with van der Waals surface area (Å²) in [4.78, 5) is 16.0. The number of nitrogens with one attached hydrogen (secondary N) is 2. The van der Waals surface area contributed by atoms with Crippen LogP contribution in [-0.2, 0) is 16.0 Å². The van der Waals surface area contributed by atoms with E-state index in [-0.39, 0.29) is 23.4 Å². The van der Waals surface area contributed by atoms with E-state index in [9.17, 15) is 4.79 Å². The molecule has 0 radical (unpaired) electrons. The predicted molar refractivity (Wildman–Crippen MR) is 122 cm³/mol. The molecule has 2 aromatic rings. The Morgan fingerprint density at radius 1 is 1.35 bits per heavy atom. The predicted octanol–water partition coefficient (Wildman–Crippen LogP) is 4.77. The van der Waals surface area contributed by atoms with Crippen molar-refractivity contribution in [1.82, 2.24) is 10.3 Å². The van der Waals surface area contributed by atoms with Crippen molar-refractivity contribution in [3.8, 4) is 5.75 Å². The van der Waals surface area contributed by atoms with Crippen molar-refractivity contribution in [2.45, 2.75) is 58.5 Å². The second-order valence-electron chi connectivity index (χ2n) is 10.0. The van der Waals surface area contributed by atoms with Gasteiger partial charge in [-0.2, -0.15) is 0 Å². The number of esters is 1. The molecule has 2 heterocycles. The minimum Gasteiger partial charge on any atom is -0.497 e. The average molecular weight is 423 g/mol. The molecule has 1 aromatic heterocycles. The van der Waals surface area contributed by atoms with Crippen molar-refractivity contribution in [2.75, 3.05) is 20.2 Å². The second kappa shape index (κ2) is 8.01. The molecule has 3 aliphatic rings. The number of fused-ring (bicyclic) bond motifs is 3. The molecule has 0 amide bonds. The van der Waals surface area contributed by atoms with Crippen molar-refractivity contribution < 1.29 is 14.3 Å². The van der Waals surface area contributed by atoms with E-state index in [1.807, 2.05) is 6.07 Å². The maximum Gasteiger partial charge on any atom is 0.310 e. The van der Waals surface area contributed by atoms with Crippen LogP contribution >= 0.6 is 0 Å². The van der Waals surface area contributed by atoms with E-state index in [4.69, 9.17) is 9.47 Å². The largest absolute Gasteiger partial charge is 0.497 e. The van der Waals surface area contributed by atoms with Gasteiger partial charge in [-0.05, 0) is 81.2 Å². The van der Waals surface area contributed by atoms with Gasteiger partial charge in [0.05, 0.1) is 13.0 Å². The highest BCUT2D eigenvalue weighted by Crippen LogP contribution is 2.54. The van der Waals surface area contributed by atoms with Crippen molar-refractivity contribution in [3.63, 3.8) is 0 Å². The van der Waals surface area contributed by atoms with E-state index in [1.54, 1.807) is 18.3 Å². The Kier molecular flexibility index (Phi) is 5.33. The molecule has 4 atom stereocenters. The first-order valence-corrected chi connectivity index (χ1v) is 11.7. The number of aromatic amines is 1. The molecule has 0 unspecified atom stereocenters. The van der Waals surface area contributed by atoms with E-state index in [2.05, 4.69) is 42.5 Å². The number of allylic oxidation sites excluding steroid dienone is 2. The number of methoxy groups -OCH3 is 1. The number of carbonyl (C=O) groups is 1. The summed E-state index contributed by atoms with van der Waals surface area (Å²) in [5, 5.41) is 4.75. The van der Waals surface area contributed by atoms with Gasteiger partial charge in [-0.3, -0.25) is 4.79 Å². The Balaban J connectivity index is 1.22. The van der Waals surface area contributed by atoms with Gasteiger partial charge in [0.15, 0.2) is 0 Å². The number of carbonyl (C=O) groups excluding carboxylic acids is 1. The van der Waals surface area contributed by atoms with Crippen molar-refractivity contribution in [3.05, 3.63) is 41.1 Å². The molecule has 0 spiro atoms. The summed E-state index contributed by atoms with van der Waals surface area (Å²) in [6, 6.07) is 6.11. The summed E-state index contributed by atoms with van der Waals surface area (Å²) in [7, 11) is 1.70. The van der Waals surface area contributed by atoms with E-state index in [1.165, 1.54) is 30.2 Å². The summed E-state index contributed by atoms with van der Waals surface area (Å²) < 4.78 is 11.3. The summed E-state index contributed by atoms with van der Waals surface area (Å²) >= 11 is 0. The molecule has 0 bridgehead atoms. The second-order valence-corrected chi connectivity index (χ2v) is 10.0. The van der Waals surface area contributed by atoms with Crippen LogP contribution in [0.25, 0.3) is 10.9 Å². The number of rotatable bonds is 6. The molecule has 5 heteroatoms. The first-order valence-electron chi connectivity index (χ1n) is 11.7. The molecular weight excluding hydrogens is 388 g/mol. The van der Waals surface area contributed by atoms with Crippen LogP contribution in [0.2, 0.25) is 0 Å². The van der Waals surface area contributed by atoms with Gasteiger partial charge in [-0.1, -0.05) is 18.1 Å². The number of aromatic nitrogens is 1. The molecule has 5 rings (SSSR count). The van der Waals surface area contributed by atoms with Crippen LogP contribution in [0.5, 0.6) is 5.75 Å². The van der Waals surface area contributed by atoms with Crippen LogP contribution in [0.4, 0.5) is 0 Å². The smallest absolute Gasteiger partial charge is 0.310 e. The SMILES string of the molecule is COc1ccc2[nH]cc(CCNC[C@H]3C(=O)O[C@@H]4C[C@@]5(C)CCCC(C)=C5C[C@@H]43)c2c1. The molecule has 2 fully saturated rings. The van der Waals surface area contributed by atoms with E-state index < -0.39 is 0 Å². The zero-order valence-electron chi connectivity index (χ0n) is 18.9. The van der Waals surface area contributed by atoms with Crippen LogP contribution in [0.15, 0.2) is 35.5 Å². The van der Waals surface area contributed by atoms with Gasteiger partial charge in [-0.15, -0.1) is 0 Å². The molecule has 1 aromatic carbocycles. The van der Waals surface area contributed by atoms with E-state index in [0.29, 0.717) is 12.5 Å². The molecule has 1 saturated carbocycles. The molecule has 5 nitrogen and oxygen atoms in total. The lowest BCUT2D eigenvalue weighted by molar-refractivity contribution is -0.145. The van der Waals surface area contributed by atoms with Crippen LogP contribution in [0.3, 0.4) is 0 Å². The maximum absolute atomic E-state index is 12.7. The Bertz CT molecular complexity index is 1020. The lowest BCUT2D eigenvalue weighted by Crippen LogP contribution is -2.40. The molecule has 1 saturated heterocycles. The van der Waals surface area contributed by atoms with Gasteiger partial charge >= 0.3 is 5.97 Å². The fourth-order valence-electron chi connectivity index (χ4n) is 6.32. The zero-order chi connectivity index (χ0) is 21.6. The lowest BCUT2D eigenvalue weighted by atomic mass is 9.59. The fourth-order valence-corrected chi connectivity index (χ4v) is 6.32. The van der Waals surface area contributed by atoms with Crippen LogP contribution in [-0.4, -0.2) is 37.3 Å². The van der Waals surface area contributed by atoms with Crippen LogP contribution < -0.4 is 10.1 Å². The highest BCUT2D eigenvalue weighted by Gasteiger charge is 2.52. The van der Waals surface area contributed by atoms with Crippen molar-refractivity contribution in [2.24, 2.45) is 17.3 Å². The summed E-state index contributed by atoms with van der Waals surface area (Å²) in [6.45, 7) is 6.23. The summed E-state index contributed by atoms with van der Waals surface area (Å²) in [5.41, 5.74) is 5.82. The third kappa shape index (κ3) is 3.67. The highest BCUT2D eigenvalue weighted by atomic mass is 16.6. The molecular formula is C26H34N2O3. The number of H-pyrrole nitrogens is 1. The number of ether oxygens (including phenoxy) is 2. The van der Waals surface area contributed by atoms with Gasteiger partial charge in [0.25, 0.3) is 0 Å². The highest BCUT2D eigenvalue weighted by molar-refractivity contribution is 5.84. The summed E-state index contributed by atoms with van der Waals surface area (Å²) in [5.74, 6) is 1.17. The van der Waals surface area contributed by atoms with E-state index >= 15 is 0 Å². The van der Waals surface area contributed by atoms with Gasteiger partial charge in [0.2, 0.25) is 0 Å². The van der Waals surface area contributed by atoms with Gasteiger partial charge in [-0.25, -0.2) is 0 Å². The Labute approximate surface area is 184 Å². The van der Waals surface area contributed by atoms with Gasteiger partial charge in [0, 0.05) is 29.6 Å². The minimum atomic E-state index is -0.0279. The Morgan fingerprint density at radius 3 is 3.06 bits per heavy atom. The monoisotopic (exact) mass is 422 g/mol. The number of hydrogen-bond acceptors (Lipinski definition) is 4. The molecule has 166 valence electrons. The topological polar surface area (TPSA) is 63.3 Å². The van der Waals surface area contributed by atoms with E-state index in [0.717, 1.165) is 37.1 Å². The fraction of sp³-hybridized carbons (Fsp3) is 0.577. The van der Waals surface area contributed by atoms with Crippen LogP contribution in [0, 0.1) is 17.3 Å². The van der Waals surface area contributed by atoms with Gasteiger partial charge in [0.1, 0.15) is 11.9 Å². The molecule has 2 aliphatic carbocycles. The normalized spacial score (nSPS) is 30.3. The maximum atomic E-state index is 12.7. The third-order valence-corrected chi connectivity index (χ3v) is 8.09. The van der Waals surface area contributed by atoms with Crippen molar-refractivity contribution in [1.29, 1.82) is 0 Å². The minimum absolute atomic E-state index is 0.000157. The number of hydrogen-bond donors (Lipinski definition) is 2. The van der Waals surface area contributed by atoms with Gasteiger partial charge < -0.3 is 19.8 Å². The Hall–Kier alpha value is -2.27. The average Bonchev–Trinajstić information content (AvgIpc) is 3.29. The molecule has 2 N–H and O–H groups in total.